The van der Waals surface area contributed by atoms with Gasteiger partial charge in [-0.2, -0.15) is 4.98 Å². The number of carbonyl (C=O) groups is 1. The van der Waals surface area contributed by atoms with Gasteiger partial charge in [0, 0.05) is 23.4 Å². The summed E-state index contributed by atoms with van der Waals surface area (Å²) in [4.78, 5) is 29.5. The van der Waals surface area contributed by atoms with Gasteiger partial charge < -0.3 is 15.4 Å². The van der Waals surface area contributed by atoms with Crippen molar-refractivity contribution in [2.24, 2.45) is 0 Å². The molecule has 5 rings (SSSR count). The van der Waals surface area contributed by atoms with Gasteiger partial charge in [-0.1, -0.05) is 48.5 Å². The van der Waals surface area contributed by atoms with Crippen molar-refractivity contribution < 1.29 is 14.5 Å². The number of fused-ring (bicyclic) bond motifs is 1. The van der Waals surface area contributed by atoms with Crippen LogP contribution in [0.4, 0.5) is 17.3 Å². The second-order valence-electron chi connectivity index (χ2n) is 8.59. The Labute approximate surface area is 212 Å². The zero-order chi connectivity index (χ0) is 26.1. The van der Waals surface area contributed by atoms with Crippen molar-refractivity contribution in [3.63, 3.8) is 0 Å². The molecule has 10 heteroatoms. The van der Waals surface area contributed by atoms with E-state index in [1.54, 1.807) is 41.9 Å². The Hall–Kier alpha value is -4.99. The first-order valence-corrected chi connectivity index (χ1v) is 11.6. The van der Waals surface area contributed by atoms with Gasteiger partial charge in [0.25, 0.3) is 11.6 Å². The van der Waals surface area contributed by atoms with Gasteiger partial charge >= 0.3 is 0 Å². The second-order valence-corrected chi connectivity index (χ2v) is 8.59. The van der Waals surface area contributed by atoms with E-state index in [1.165, 1.54) is 19.2 Å². The number of ether oxygens (including phenoxy) is 1. The largest absolute Gasteiger partial charge is 0.495 e. The van der Waals surface area contributed by atoms with E-state index >= 15 is 0 Å². The average Bonchev–Trinajstić information content (AvgIpc) is 3.31. The van der Waals surface area contributed by atoms with E-state index in [2.05, 4.69) is 10.6 Å². The summed E-state index contributed by atoms with van der Waals surface area (Å²) in [6.45, 7) is 3.74. The number of para-hydroxylation sites is 2. The number of aryl methyl sites for hydroxylation is 1. The number of amides is 1. The molecular weight excluding hydrogens is 472 g/mol. The molecule has 1 amide bonds. The fourth-order valence-electron chi connectivity index (χ4n) is 4.44. The first kappa shape index (κ1) is 23.7. The van der Waals surface area contributed by atoms with Crippen molar-refractivity contribution in [1.82, 2.24) is 14.8 Å². The molecule has 0 spiro atoms. The van der Waals surface area contributed by atoms with Gasteiger partial charge in [-0.25, -0.2) is 4.68 Å². The number of nitro benzene ring substituents is 1. The summed E-state index contributed by atoms with van der Waals surface area (Å²) in [7, 11) is 1.53. The lowest BCUT2D eigenvalue weighted by Gasteiger charge is -2.28. The summed E-state index contributed by atoms with van der Waals surface area (Å²) in [6, 6.07) is 20.3. The second kappa shape index (κ2) is 9.57. The minimum absolute atomic E-state index is 0.0843. The van der Waals surface area contributed by atoms with Crippen molar-refractivity contribution >= 4 is 23.2 Å². The van der Waals surface area contributed by atoms with E-state index in [-0.39, 0.29) is 5.69 Å². The van der Waals surface area contributed by atoms with E-state index in [4.69, 9.17) is 14.8 Å². The molecule has 2 N–H and O–H groups in total. The molecule has 0 saturated carbocycles. The van der Waals surface area contributed by atoms with Crippen LogP contribution in [0.1, 0.15) is 24.1 Å². The maximum atomic E-state index is 13.7. The minimum Gasteiger partial charge on any atom is -0.495 e. The molecule has 1 aromatic heterocycles. The quantitative estimate of drug-likeness (QED) is 0.281. The summed E-state index contributed by atoms with van der Waals surface area (Å²) in [5, 5.41) is 22.4. The van der Waals surface area contributed by atoms with Crippen LogP contribution in [-0.2, 0) is 4.79 Å². The fraction of sp³-hybridized carbons (Fsp3) is 0.148. The number of hydrogen-bond donors (Lipinski definition) is 2. The fourth-order valence-corrected chi connectivity index (χ4v) is 4.44. The lowest BCUT2D eigenvalue weighted by molar-refractivity contribution is -0.384. The Morgan fingerprint density at radius 3 is 2.59 bits per heavy atom. The van der Waals surface area contributed by atoms with Crippen LogP contribution in [0.3, 0.4) is 0 Å². The van der Waals surface area contributed by atoms with Crippen LogP contribution in [0.25, 0.3) is 11.4 Å². The van der Waals surface area contributed by atoms with Crippen molar-refractivity contribution in [1.29, 1.82) is 0 Å². The SMILES string of the molecule is COc1ccccc1NC(=O)C1=C(C)Nc2nc(-c3ccccc3C)nn2C1c1cccc([N+](=O)[O-])c1. The van der Waals surface area contributed by atoms with Crippen LogP contribution in [0.5, 0.6) is 5.75 Å². The van der Waals surface area contributed by atoms with Gasteiger partial charge in [0.2, 0.25) is 5.95 Å². The lowest BCUT2D eigenvalue weighted by Crippen LogP contribution is -2.31. The number of rotatable bonds is 6. The predicted molar refractivity (Wildman–Crippen MR) is 139 cm³/mol. The van der Waals surface area contributed by atoms with Gasteiger partial charge in [-0.05, 0) is 37.1 Å². The number of carbonyl (C=O) groups excluding carboxylic acids is 1. The molecule has 0 fully saturated rings. The van der Waals surface area contributed by atoms with E-state index in [9.17, 15) is 14.9 Å². The van der Waals surface area contributed by atoms with Crippen molar-refractivity contribution in [3.8, 4) is 17.1 Å². The van der Waals surface area contributed by atoms with Crippen LogP contribution in [-0.4, -0.2) is 32.7 Å². The van der Waals surface area contributed by atoms with E-state index in [0.717, 1.165) is 11.1 Å². The minimum atomic E-state index is -0.767. The number of non-ortho nitro benzene ring substituents is 1. The van der Waals surface area contributed by atoms with Gasteiger partial charge in [0.15, 0.2) is 5.82 Å². The highest BCUT2D eigenvalue weighted by Crippen LogP contribution is 2.38. The molecule has 1 unspecified atom stereocenters. The molecule has 4 aromatic rings. The number of hydrogen-bond acceptors (Lipinski definition) is 7. The molecule has 0 saturated heterocycles. The van der Waals surface area contributed by atoms with E-state index < -0.39 is 16.9 Å². The molecular formula is C27H24N6O4. The number of nitrogens with zero attached hydrogens (tertiary/aromatic N) is 4. The molecule has 10 nitrogen and oxygen atoms in total. The molecule has 0 bridgehead atoms. The molecule has 1 atom stereocenters. The summed E-state index contributed by atoms with van der Waals surface area (Å²) < 4.78 is 6.99. The van der Waals surface area contributed by atoms with Crippen molar-refractivity contribution in [2.75, 3.05) is 17.7 Å². The van der Waals surface area contributed by atoms with Crippen molar-refractivity contribution in [2.45, 2.75) is 19.9 Å². The Bertz CT molecular complexity index is 1560. The number of aromatic nitrogens is 3. The third-order valence-corrected chi connectivity index (χ3v) is 6.24. The third kappa shape index (κ3) is 4.40. The first-order valence-electron chi connectivity index (χ1n) is 11.6. The Kier molecular flexibility index (Phi) is 6.14. The monoisotopic (exact) mass is 496 g/mol. The molecule has 2 heterocycles. The number of anilines is 2. The predicted octanol–water partition coefficient (Wildman–Crippen LogP) is 5.10. The standard InChI is InChI=1S/C27H24N6O4/c1-16-9-4-5-12-20(16)25-30-27-28-17(2)23(26(34)29-21-13-6-7-14-22(21)37-3)24(32(27)31-25)18-10-8-11-19(15-18)33(35)36/h4-15,24H,1-3H3,(H,29,34)(H,28,30,31). The normalized spacial score (nSPS) is 14.5. The van der Waals surface area contributed by atoms with Crippen LogP contribution in [0, 0.1) is 17.0 Å². The highest BCUT2D eigenvalue weighted by atomic mass is 16.6. The molecule has 3 aromatic carbocycles. The summed E-state index contributed by atoms with van der Waals surface area (Å²) >= 11 is 0. The van der Waals surface area contributed by atoms with E-state index in [0.29, 0.717) is 40.0 Å². The molecule has 186 valence electrons. The zero-order valence-corrected chi connectivity index (χ0v) is 20.4. The highest BCUT2D eigenvalue weighted by molar-refractivity contribution is 6.06. The summed E-state index contributed by atoms with van der Waals surface area (Å²) in [6.07, 6.45) is 0. The summed E-state index contributed by atoms with van der Waals surface area (Å²) in [5.74, 6) is 1.02. The number of methoxy groups -OCH3 is 1. The smallest absolute Gasteiger partial charge is 0.269 e. The molecule has 37 heavy (non-hydrogen) atoms. The third-order valence-electron chi connectivity index (χ3n) is 6.24. The number of allylic oxidation sites excluding steroid dienone is 1. The van der Waals surface area contributed by atoms with Crippen LogP contribution in [0.15, 0.2) is 84.1 Å². The maximum Gasteiger partial charge on any atom is 0.269 e. The summed E-state index contributed by atoms with van der Waals surface area (Å²) in [5.41, 5.74) is 3.69. The van der Waals surface area contributed by atoms with Gasteiger partial charge in [-0.3, -0.25) is 14.9 Å². The lowest BCUT2D eigenvalue weighted by atomic mass is 9.94. The maximum absolute atomic E-state index is 13.7. The molecule has 1 aliphatic heterocycles. The number of benzene rings is 3. The van der Waals surface area contributed by atoms with Crippen LogP contribution in [0.2, 0.25) is 0 Å². The molecule has 0 radical (unpaired) electrons. The van der Waals surface area contributed by atoms with Gasteiger partial charge in [-0.15, -0.1) is 5.10 Å². The number of nitrogens with one attached hydrogen (secondary N) is 2. The molecule has 1 aliphatic rings. The Morgan fingerprint density at radius 2 is 1.84 bits per heavy atom. The topological polar surface area (TPSA) is 124 Å². The molecule has 0 aliphatic carbocycles. The Morgan fingerprint density at radius 1 is 1.08 bits per heavy atom. The van der Waals surface area contributed by atoms with Crippen molar-refractivity contribution in [3.05, 3.63) is 105 Å². The van der Waals surface area contributed by atoms with Gasteiger partial charge in [0.05, 0.1) is 23.3 Å². The zero-order valence-electron chi connectivity index (χ0n) is 20.4. The average molecular weight is 497 g/mol. The first-order chi connectivity index (χ1) is 17.9. The van der Waals surface area contributed by atoms with Gasteiger partial charge in [0.1, 0.15) is 11.8 Å². The Balaban J connectivity index is 1.64. The van der Waals surface area contributed by atoms with Crippen LogP contribution < -0.4 is 15.4 Å². The number of nitro groups is 1. The van der Waals surface area contributed by atoms with E-state index in [1.807, 2.05) is 37.3 Å². The highest BCUT2D eigenvalue weighted by Gasteiger charge is 2.35. The van der Waals surface area contributed by atoms with Crippen LogP contribution >= 0.6 is 0 Å².